The molecule has 100 valence electrons. The molecule has 3 unspecified atom stereocenters. The van der Waals surface area contributed by atoms with Crippen LogP contribution in [0.3, 0.4) is 0 Å². The number of nitrogens with one attached hydrogen (secondary N) is 1. The van der Waals surface area contributed by atoms with E-state index in [-0.39, 0.29) is 11.5 Å². The zero-order chi connectivity index (χ0) is 13.2. The predicted molar refractivity (Wildman–Crippen MR) is 76.3 cm³/mol. The third-order valence-electron chi connectivity index (χ3n) is 4.30. The molecular weight excluding hydrogens is 246 g/mol. The number of ether oxygens (including phenoxy) is 1. The van der Waals surface area contributed by atoms with Crippen LogP contribution in [-0.2, 0) is 0 Å². The zero-order valence-electron chi connectivity index (χ0n) is 11.4. The van der Waals surface area contributed by atoms with Crippen LogP contribution in [-0.4, -0.2) is 18.7 Å². The van der Waals surface area contributed by atoms with Crippen LogP contribution >= 0.6 is 11.6 Å². The molecule has 3 atom stereocenters. The minimum absolute atomic E-state index is 0.204. The van der Waals surface area contributed by atoms with Gasteiger partial charge in [-0.15, -0.1) is 0 Å². The van der Waals surface area contributed by atoms with Crippen LogP contribution in [0.5, 0.6) is 5.75 Å². The van der Waals surface area contributed by atoms with E-state index in [0.29, 0.717) is 11.1 Å². The summed E-state index contributed by atoms with van der Waals surface area (Å²) in [6.45, 7) is 7.69. The van der Waals surface area contributed by atoms with E-state index < -0.39 is 0 Å². The summed E-state index contributed by atoms with van der Waals surface area (Å²) in [6, 6.07) is 8.26. The molecule has 1 aromatic carbocycles. The fourth-order valence-electron chi connectivity index (χ4n) is 2.73. The predicted octanol–water partition coefficient (Wildman–Crippen LogP) is 3.89. The zero-order valence-corrected chi connectivity index (χ0v) is 12.1. The normalized spacial score (nSPS) is 30.9. The van der Waals surface area contributed by atoms with Crippen LogP contribution in [0.2, 0.25) is 5.02 Å². The standard InChI is InChI=1S/C15H22ClNO/c1-4-15(3)13(17-5-2)10-14(15)18-12-9-7-6-8-11(12)16/h6-9,13-14,17H,4-5,10H2,1-3H3. The van der Waals surface area contributed by atoms with Crippen LogP contribution in [0.1, 0.15) is 33.6 Å². The van der Waals surface area contributed by atoms with Crippen molar-refractivity contribution in [1.29, 1.82) is 0 Å². The van der Waals surface area contributed by atoms with Gasteiger partial charge in [0.1, 0.15) is 11.9 Å². The minimum Gasteiger partial charge on any atom is -0.488 e. The highest BCUT2D eigenvalue weighted by Crippen LogP contribution is 2.46. The van der Waals surface area contributed by atoms with Gasteiger partial charge in [0.15, 0.2) is 0 Å². The molecule has 1 aromatic rings. The number of benzene rings is 1. The molecule has 0 amide bonds. The number of hydrogen-bond acceptors (Lipinski definition) is 2. The molecule has 1 aliphatic rings. The Bertz CT molecular complexity index is 409. The Morgan fingerprint density at radius 2 is 2.11 bits per heavy atom. The molecule has 2 rings (SSSR count). The molecular formula is C15H22ClNO. The van der Waals surface area contributed by atoms with Gasteiger partial charge >= 0.3 is 0 Å². The fraction of sp³-hybridized carbons (Fsp3) is 0.600. The Hall–Kier alpha value is -0.730. The molecule has 3 heteroatoms. The number of hydrogen-bond donors (Lipinski definition) is 1. The maximum atomic E-state index is 6.14. The van der Waals surface area contributed by atoms with Crippen LogP contribution in [0.4, 0.5) is 0 Å². The van der Waals surface area contributed by atoms with Crippen molar-refractivity contribution in [2.24, 2.45) is 5.41 Å². The highest BCUT2D eigenvalue weighted by molar-refractivity contribution is 6.32. The van der Waals surface area contributed by atoms with Crippen LogP contribution in [0, 0.1) is 5.41 Å². The molecule has 1 fully saturated rings. The molecule has 0 heterocycles. The Morgan fingerprint density at radius 1 is 1.39 bits per heavy atom. The topological polar surface area (TPSA) is 21.3 Å². The van der Waals surface area contributed by atoms with Gasteiger partial charge in [0.25, 0.3) is 0 Å². The largest absolute Gasteiger partial charge is 0.488 e. The molecule has 0 bridgehead atoms. The Balaban J connectivity index is 2.06. The monoisotopic (exact) mass is 267 g/mol. The second-order valence-electron chi connectivity index (χ2n) is 5.24. The highest BCUT2D eigenvalue weighted by atomic mass is 35.5. The second-order valence-corrected chi connectivity index (χ2v) is 5.65. The van der Waals surface area contributed by atoms with E-state index in [4.69, 9.17) is 16.3 Å². The minimum atomic E-state index is 0.204. The van der Waals surface area contributed by atoms with E-state index in [1.807, 2.05) is 24.3 Å². The van der Waals surface area contributed by atoms with Crippen LogP contribution in [0.15, 0.2) is 24.3 Å². The maximum Gasteiger partial charge on any atom is 0.138 e. The maximum absolute atomic E-state index is 6.14. The lowest BCUT2D eigenvalue weighted by Crippen LogP contribution is -2.63. The SMILES string of the molecule is CCNC1CC(Oc2ccccc2Cl)C1(C)CC. The van der Waals surface area contributed by atoms with Gasteiger partial charge in [0, 0.05) is 17.9 Å². The summed E-state index contributed by atoms with van der Waals surface area (Å²) in [6.07, 6.45) is 2.43. The van der Waals surface area contributed by atoms with E-state index in [1.165, 1.54) is 0 Å². The fourth-order valence-corrected chi connectivity index (χ4v) is 2.91. The number of para-hydroxylation sites is 1. The second kappa shape index (κ2) is 5.50. The molecule has 1 saturated carbocycles. The van der Waals surface area contributed by atoms with Gasteiger partial charge < -0.3 is 10.1 Å². The summed E-state index contributed by atoms with van der Waals surface area (Å²) in [7, 11) is 0. The first-order valence-corrected chi connectivity index (χ1v) is 7.14. The van der Waals surface area contributed by atoms with Crippen molar-refractivity contribution in [2.75, 3.05) is 6.54 Å². The molecule has 0 aromatic heterocycles. The quantitative estimate of drug-likeness (QED) is 0.874. The van der Waals surface area contributed by atoms with E-state index >= 15 is 0 Å². The van der Waals surface area contributed by atoms with Gasteiger partial charge in [0.05, 0.1) is 5.02 Å². The van der Waals surface area contributed by atoms with Crippen molar-refractivity contribution in [3.63, 3.8) is 0 Å². The summed E-state index contributed by atoms with van der Waals surface area (Å²) < 4.78 is 6.09. The van der Waals surface area contributed by atoms with E-state index in [1.54, 1.807) is 0 Å². The lowest BCUT2D eigenvalue weighted by atomic mass is 9.61. The third-order valence-corrected chi connectivity index (χ3v) is 4.61. The van der Waals surface area contributed by atoms with Gasteiger partial charge in [-0.2, -0.15) is 0 Å². The molecule has 0 radical (unpaired) electrons. The summed E-state index contributed by atoms with van der Waals surface area (Å²) in [4.78, 5) is 0. The molecule has 0 spiro atoms. The van der Waals surface area contributed by atoms with Gasteiger partial charge in [-0.1, -0.05) is 44.5 Å². The van der Waals surface area contributed by atoms with Crippen molar-refractivity contribution in [3.05, 3.63) is 29.3 Å². The molecule has 2 nitrogen and oxygen atoms in total. The first-order valence-electron chi connectivity index (χ1n) is 6.76. The molecule has 18 heavy (non-hydrogen) atoms. The molecule has 0 aliphatic heterocycles. The van der Waals surface area contributed by atoms with Gasteiger partial charge in [-0.3, -0.25) is 0 Å². The number of rotatable bonds is 5. The van der Waals surface area contributed by atoms with Gasteiger partial charge in [0.2, 0.25) is 0 Å². The summed E-state index contributed by atoms with van der Waals surface area (Å²) in [5, 5.41) is 4.24. The van der Waals surface area contributed by atoms with E-state index in [0.717, 1.165) is 25.1 Å². The first kappa shape index (κ1) is 13.7. The Morgan fingerprint density at radius 3 is 2.72 bits per heavy atom. The van der Waals surface area contributed by atoms with E-state index in [9.17, 15) is 0 Å². The molecule has 1 aliphatic carbocycles. The Labute approximate surface area is 115 Å². The van der Waals surface area contributed by atoms with Crippen molar-refractivity contribution in [3.8, 4) is 5.75 Å². The van der Waals surface area contributed by atoms with Crippen molar-refractivity contribution in [2.45, 2.75) is 45.8 Å². The van der Waals surface area contributed by atoms with Crippen LogP contribution in [0.25, 0.3) is 0 Å². The summed E-state index contributed by atoms with van der Waals surface area (Å²) in [5.41, 5.74) is 0.204. The Kier molecular flexibility index (Phi) is 4.18. The summed E-state index contributed by atoms with van der Waals surface area (Å²) in [5.74, 6) is 0.804. The van der Waals surface area contributed by atoms with Crippen molar-refractivity contribution < 1.29 is 4.74 Å². The average molecular weight is 268 g/mol. The number of halogens is 1. The lowest BCUT2D eigenvalue weighted by Gasteiger charge is -2.53. The van der Waals surface area contributed by atoms with Crippen molar-refractivity contribution >= 4 is 11.6 Å². The molecule has 0 saturated heterocycles. The van der Waals surface area contributed by atoms with Crippen molar-refractivity contribution in [1.82, 2.24) is 5.32 Å². The third kappa shape index (κ3) is 2.36. The summed E-state index contributed by atoms with van der Waals surface area (Å²) >= 11 is 6.14. The smallest absolute Gasteiger partial charge is 0.138 e. The highest BCUT2D eigenvalue weighted by Gasteiger charge is 2.51. The van der Waals surface area contributed by atoms with Crippen LogP contribution < -0.4 is 10.1 Å². The first-order chi connectivity index (χ1) is 8.61. The molecule has 1 N–H and O–H groups in total. The average Bonchev–Trinajstić information content (AvgIpc) is 2.38. The van der Waals surface area contributed by atoms with Gasteiger partial charge in [-0.05, 0) is 25.1 Å². The van der Waals surface area contributed by atoms with Gasteiger partial charge in [-0.25, -0.2) is 0 Å². The lowest BCUT2D eigenvalue weighted by molar-refractivity contribution is -0.0696. The van der Waals surface area contributed by atoms with E-state index in [2.05, 4.69) is 26.1 Å².